The van der Waals surface area contributed by atoms with E-state index in [1.54, 1.807) is 25.3 Å². The molecular formula is C20H16N2O4S. The van der Waals surface area contributed by atoms with Crippen LogP contribution in [0.4, 0.5) is 5.13 Å². The largest absolute Gasteiger partial charge is 0.497 e. The first kappa shape index (κ1) is 17.1. The minimum absolute atomic E-state index is 0.275. The third kappa shape index (κ3) is 3.37. The lowest BCUT2D eigenvalue weighted by Crippen LogP contribution is -2.12. The molecule has 7 heteroatoms. The minimum Gasteiger partial charge on any atom is -0.497 e. The number of rotatable bonds is 5. The molecule has 136 valence electrons. The van der Waals surface area contributed by atoms with E-state index >= 15 is 0 Å². The molecule has 27 heavy (non-hydrogen) atoms. The molecule has 0 atom stereocenters. The average molecular weight is 380 g/mol. The van der Waals surface area contributed by atoms with Crippen LogP contribution in [0.15, 0.2) is 58.3 Å². The number of anilines is 1. The Balaban J connectivity index is 1.57. The van der Waals surface area contributed by atoms with Gasteiger partial charge in [0, 0.05) is 10.8 Å². The smallest absolute Gasteiger partial charge is 0.261 e. The van der Waals surface area contributed by atoms with Crippen LogP contribution in [0.25, 0.3) is 22.4 Å². The number of nitrogens with one attached hydrogen (secondary N) is 1. The summed E-state index contributed by atoms with van der Waals surface area (Å²) in [6.45, 7) is 0. The van der Waals surface area contributed by atoms with E-state index in [0.29, 0.717) is 27.9 Å². The summed E-state index contributed by atoms with van der Waals surface area (Å²) in [5, 5.41) is 6.05. The number of para-hydroxylation sites is 1. The highest BCUT2D eigenvalue weighted by atomic mass is 32.1. The van der Waals surface area contributed by atoms with Gasteiger partial charge in [-0.3, -0.25) is 10.1 Å². The summed E-state index contributed by atoms with van der Waals surface area (Å²) in [5.41, 5.74) is 1.86. The number of fused-ring (bicyclic) bond motifs is 1. The molecule has 0 fully saturated rings. The SMILES string of the molecule is COc1ccc2oc(-c3csc(NC(=O)c4ccccc4OC)n3)cc2c1. The second-order valence-corrected chi connectivity index (χ2v) is 6.56. The van der Waals surface area contributed by atoms with Crippen LogP contribution in [0.1, 0.15) is 10.4 Å². The molecular weight excluding hydrogens is 364 g/mol. The quantitative estimate of drug-likeness (QED) is 0.537. The van der Waals surface area contributed by atoms with Crippen LogP contribution in [-0.4, -0.2) is 25.1 Å². The third-order valence-electron chi connectivity index (χ3n) is 4.05. The Hall–Kier alpha value is -3.32. The number of carbonyl (C=O) groups is 1. The first-order valence-corrected chi connectivity index (χ1v) is 9.04. The van der Waals surface area contributed by atoms with Crippen molar-refractivity contribution in [3.63, 3.8) is 0 Å². The Morgan fingerprint density at radius 3 is 2.78 bits per heavy atom. The van der Waals surface area contributed by atoms with Crippen molar-refractivity contribution < 1.29 is 18.7 Å². The van der Waals surface area contributed by atoms with Crippen LogP contribution in [0.2, 0.25) is 0 Å². The number of benzene rings is 2. The van der Waals surface area contributed by atoms with E-state index in [9.17, 15) is 4.79 Å². The number of thiazole rings is 1. The monoisotopic (exact) mass is 380 g/mol. The fourth-order valence-electron chi connectivity index (χ4n) is 2.72. The molecule has 0 aliphatic heterocycles. The van der Waals surface area contributed by atoms with Crippen molar-refractivity contribution >= 4 is 33.3 Å². The summed E-state index contributed by atoms with van der Waals surface area (Å²) in [6.07, 6.45) is 0. The highest BCUT2D eigenvalue weighted by Crippen LogP contribution is 2.32. The summed E-state index contributed by atoms with van der Waals surface area (Å²) in [4.78, 5) is 16.9. The third-order valence-corrected chi connectivity index (χ3v) is 4.81. The Bertz CT molecular complexity index is 1120. The van der Waals surface area contributed by atoms with E-state index in [2.05, 4.69) is 10.3 Å². The predicted octanol–water partition coefficient (Wildman–Crippen LogP) is 4.83. The molecule has 0 aliphatic carbocycles. The van der Waals surface area contributed by atoms with Gasteiger partial charge in [0.25, 0.3) is 5.91 Å². The van der Waals surface area contributed by atoms with Crippen LogP contribution in [0.5, 0.6) is 11.5 Å². The van der Waals surface area contributed by atoms with Crippen molar-refractivity contribution in [2.24, 2.45) is 0 Å². The maximum Gasteiger partial charge on any atom is 0.261 e. The number of methoxy groups -OCH3 is 2. The molecule has 0 saturated heterocycles. The van der Waals surface area contributed by atoms with Gasteiger partial charge in [0.2, 0.25) is 0 Å². The number of aromatic nitrogens is 1. The number of amides is 1. The first-order valence-electron chi connectivity index (χ1n) is 8.16. The first-order chi connectivity index (χ1) is 13.2. The summed E-state index contributed by atoms with van der Waals surface area (Å²) >= 11 is 1.33. The predicted molar refractivity (Wildman–Crippen MR) is 105 cm³/mol. The summed E-state index contributed by atoms with van der Waals surface area (Å²) in [6, 6.07) is 14.5. The highest BCUT2D eigenvalue weighted by molar-refractivity contribution is 7.14. The molecule has 0 saturated carbocycles. The maximum atomic E-state index is 12.5. The second-order valence-electron chi connectivity index (χ2n) is 5.71. The van der Waals surface area contributed by atoms with E-state index in [4.69, 9.17) is 13.9 Å². The normalized spacial score (nSPS) is 10.7. The zero-order valence-electron chi connectivity index (χ0n) is 14.7. The Kier molecular flexibility index (Phi) is 4.52. The van der Waals surface area contributed by atoms with Crippen molar-refractivity contribution in [1.29, 1.82) is 0 Å². The Labute approximate surface area is 159 Å². The average Bonchev–Trinajstić information content (AvgIpc) is 3.33. The molecule has 4 rings (SSSR count). The van der Waals surface area contributed by atoms with Gasteiger partial charge in [-0.2, -0.15) is 0 Å². The molecule has 0 aliphatic rings. The van der Waals surface area contributed by atoms with Gasteiger partial charge >= 0.3 is 0 Å². The van der Waals surface area contributed by atoms with Gasteiger partial charge in [-0.25, -0.2) is 4.98 Å². The van der Waals surface area contributed by atoms with Gasteiger partial charge in [0.15, 0.2) is 10.9 Å². The van der Waals surface area contributed by atoms with Crippen molar-refractivity contribution in [2.45, 2.75) is 0 Å². The second kappa shape index (κ2) is 7.13. The number of nitrogens with zero attached hydrogens (tertiary/aromatic N) is 1. The number of carbonyl (C=O) groups excluding carboxylic acids is 1. The fourth-order valence-corrected chi connectivity index (χ4v) is 3.41. The topological polar surface area (TPSA) is 73.6 Å². The van der Waals surface area contributed by atoms with Crippen LogP contribution in [-0.2, 0) is 0 Å². The molecule has 2 heterocycles. The summed E-state index contributed by atoms with van der Waals surface area (Å²) < 4.78 is 16.3. The lowest BCUT2D eigenvalue weighted by molar-refractivity contribution is 0.102. The molecule has 6 nitrogen and oxygen atoms in total. The fraction of sp³-hybridized carbons (Fsp3) is 0.100. The Morgan fingerprint density at radius 1 is 1.11 bits per heavy atom. The van der Waals surface area contributed by atoms with Gasteiger partial charge in [0.05, 0.1) is 19.8 Å². The van der Waals surface area contributed by atoms with Crippen molar-refractivity contribution in [3.8, 4) is 23.0 Å². The molecule has 0 spiro atoms. The maximum absolute atomic E-state index is 12.5. The molecule has 4 aromatic rings. The molecule has 2 aromatic carbocycles. The summed E-state index contributed by atoms with van der Waals surface area (Å²) in [5.74, 6) is 1.63. The Morgan fingerprint density at radius 2 is 1.96 bits per heavy atom. The van der Waals surface area contributed by atoms with E-state index in [0.717, 1.165) is 16.7 Å². The lowest BCUT2D eigenvalue weighted by atomic mass is 10.2. The van der Waals surface area contributed by atoms with Gasteiger partial charge < -0.3 is 13.9 Å². The van der Waals surface area contributed by atoms with E-state index in [-0.39, 0.29) is 5.91 Å². The highest BCUT2D eigenvalue weighted by Gasteiger charge is 2.15. The van der Waals surface area contributed by atoms with Crippen LogP contribution < -0.4 is 14.8 Å². The molecule has 2 aromatic heterocycles. The summed E-state index contributed by atoms with van der Waals surface area (Å²) in [7, 11) is 3.16. The van der Waals surface area contributed by atoms with Crippen molar-refractivity contribution in [2.75, 3.05) is 19.5 Å². The number of hydrogen-bond acceptors (Lipinski definition) is 6. The van der Waals surface area contributed by atoms with Gasteiger partial charge in [-0.1, -0.05) is 12.1 Å². The van der Waals surface area contributed by atoms with E-state index < -0.39 is 0 Å². The van der Waals surface area contributed by atoms with Gasteiger partial charge in [-0.15, -0.1) is 11.3 Å². The molecule has 0 unspecified atom stereocenters. The molecule has 1 N–H and O–H groups in total. The minimum atomic E-state index is -0.275. The van der Waals surface area contributed by atoms with Crippen LogP contribution in [0.3, 0.4) is 0 Å². The van der Waals surface area contributed by atoms with Crippen LogP contribution >= 0.6 is 11.3 Å². The van der Waals surface area contributed by atoms with Crippen molar-refractivity contribution in [1.82, 2.24) is 4.98 Å². The molecule has 0 bridgehead atoms. The van der Waals surface area contributed by atoms with E-state index in [1.807, 2.05) is 35.7 Å². The lowest BCUT2D eigenvalue weighted by Gasteiger charge is -2.06. The number of furan rings is 1. The molecule has 1 amide bonds. The van der Waals surface area contributed by atoms with Gasteiger partial charge in [-0.05, 0) is 36.4 Å². The van der Waals surface area contributed by atoms with E-state index in [1.165, 1.54) is 18.4 Å². The van der Waals surface area contributed by atoms with Gasteiger partial charge in [0.1, 0.15) is 22.8 Å². The van der Waals surface area contributed by atoms with Crippen molar-refractivity contribution in [3.05, 3.63) is 59.5 Å². The molecule has 0 radical (unpaired) electrons. The zero-order valence-corrected chi connectivity index (χ0v) is 15.5. The number of hydrogen-bond donors (Lipinski definition) is 1. The standard InChI is InChI=1S/C20H16N2O4S/c1-24-13-7-8-16-12(9-13)10-18(26-16)15-11-27-20(21-15)22-19(23)14-5-3-4-6-17(14)25-2/h3-11H,1-2H3,(H,21,22,23). The van der Waals surface area contributed by atoms with Crippen LogP contribution in [0, 0.1) is 0 Å². The zero-order chi connectivity index (χ0) is 18.8. The number of ether oxygens (including phenoxy) is 2.